The molecule has 2 heterocycles. The summed E-state index contributed by atoms with van der Waals surface area (Å²) in [7, 11) is 0. The highest BCUT2D eigenvalue weighted by molar-refractivity contribution is 5.69. The van der Waals surface area contributed by atoms with E-state index in [1.807, 2.05) is 12.1 Å². The van der Waals surface area contributed by atoms with E-state index in [9.17, 15) is 0 Å². The topological polar surface area (TPSA) is 137 Å². The van der Waals surface area contributed by atoms with Gasteiger partial charge in [-0.15, -0.1) is 0 Å². The fraction of sp³-hybridized carbons (Fsp3) is 0.280. The van der Waals surface area contributed by atoms with Gasteiger partial charge in [-0.25, -0.2) is 15.5 Å². The lowest BCUT2D eigenvalue weighted by Crippen LogP contribution is -2.11. The first kappa shape index (κ1) is 22.1. The normalized spacial score (nSPS) is 14.5. The number of nitriles is 1. The third-order valence-corrected chi connectivity index (χ3v) is 5.79. The molecule has 1 aliphatic carbocycles. The van der Waals surface area contributed by atoms with Crippen molar-refractivity contribution in [3.63, 3.8) is 0 Å². The Balaban J connectivity index is 1.51. The van der Waals surface area contributed by atoms with Crippen LogP contribution in [-0.2, 0) is 6.54 Å². The third-order valence-electron chi connectivity index (χ3n) is 5.79. The van der Waals surface area contributed by atoms with E-state index in [0.29, 0.717) is 35.1 Å². The molecule has 0 radical (unpaired) electrons. The molecule has 2 aromatic heterocycles. The summed E-state index contributed by atoms with van der Waals surface area (Å²) in [6.07, 6.45) is 7.93. The van der Waals surface area contributed by atoms with Crippen LogP contribution >= 0.6 is 0 Å². The highest BCUT2D eigenvalue weighted by Crippen LogP contribution is 2.31. The summed E-state index contributed by atoms with van der Waals surface area (Å²) in [4.78, 5) is 13.3. The second-order valence-electron chi connectivity index (χ2n) is 8.10. The maximum Gasteiger partial charge on any atom is 0.221 e. The molecule has 33 heavy (non-hydrogen) atoms. The Morgan fingerprint density at radius 2 is 1.94 bits per heavy atom. The Morgan fingerprint density at radius 3 is 2.73 bits per heavy atom. The van der Waals surface area contributed by atoms with E-state index < -0.39 is 0 Å². The number of nitrogens with zero attached hydrogens (tertiary/aromatic N) is 5. The van der Waals surface area contributed by atoms with Crippen molar-refractivity contribution in [2.24, 2.45) is 5.11 Å². The van der Waals surface area contributed by atoms with E-state index in [-0.39, 0.29) is 5.95 Å². The molecule has 4 N–H and O–H groups in total. The SMILES string of the molecule is N#Cc1cccc(-c2cc(/C(=C/NCc3cccc(C4CCCCC4)n3)N=N)nc(N)n2)c1. The Kier molecular flexibility index (Phi) is 7.00. The second kappa shape index (κ2) is 10.5. The molecule has 0 spiro atoms. The van der Waals surface area contributed by atoms with Crippen molar-refractivity contribution in [1.29, 1.82) is 10.8 Å². The van der Waals surface area contributed by atoms with Crippen molar-refractivity contribution in [3.8, 4) is 17.3 Å². The molecule has 1 fully saturated rings. The first-order valence-corrected chi connectivity index (χ1v) is 11.1. The van der Waals surface area contributed by atoms with Crippen molar-refractivity contribution in [2.45, 2.75) is 44.6 Å². The van der Waals surface area contributed by atoms with E-state index >= 15 is 0 Å². The van der Waals surface area contributed by atoms with E-state index in [1.165, 1.54) is 32.1 Å². The molecular formula is C25H26N8. The summed E-state index contributed by atoms with van der Waals surface area (Å²) in [5.74, 6) is 0.622. The molecule has 0 saturated heterocycles. The van der Waals surface area contributed by atoms with Crippen molar-refractivity contribution in [2.75, 3.05) is 5.73 Å². The van der Waals surface area contributed by atoms with E-state index in [2.05, 4.69) is 38.6 Å². The fourth-order valence-corrected chi connectivity index (χ4v) is 4.13. The molecule has 0 atom stereocenters. The zero-order valence-corrected chi connectivity index (χ0v) is 18.3. The van der Waals surface area contributed by atoms with Gasteiger partial charge in [-0.3, -0.25) is 4.98 Å². The zero-order chi connectivity index (χ0) is 23.0. The van der Waals surface area contributed by atoms with Gasteiger partial charge in [-0.05, 0) is 43.2 Å². The van der Waals surface area contributed by atoms with Crippen LogP contribution in [0.25, 0.3) is 17.0 Å². The van der Waals surface area contributed by atoms with Crippen LogP contribution in [0.1, 0.15) is 60.7 Å². The number of hydrogen-bond acceptors (Lipinski definition) is 8. The highest BCUT2D eigenvalue weighted by Gasteiger charge is 2.16. The molecule has 8 heteroatoms. The lowest BCUT2D eigenvalue weighted by atomic mass is 9.86. The lowest BCUT2D eigenvalue weighted by Gasteiger charge is -2.21. The Hall–Kier alpha value is -4.12. The van der Waals surface area contributed by atoms with Crippen LogP contribution in [0.3, 0.4) is 0 Å². The smallest absolute Gasteiger partial charge is 0.221 e. The predicted molar refractivity (Wildman–Crippen MR) is 127 cm³/mol. The minimum atomic E-state index is 0.0706. The largest absolute Gasteiger partial charge is 0.383 e. The predicted octanol–water partition coefficient (Wildman–Crippen LogP) is 5.16. The summed E-state index contributed by atoms with van der Waals surface area (Å²) in [6.45, 7) is 0.511. The average Bonchev–Trinajstić information content (AvgIpc) is 2.87. The van der Waals surface area contributed by atoms with E-state index in [0.717, 1.165) is 17.0 Å². The summed E-state index contributed by atoms with van der Waals surface area (Å²) >= 11 is 0. The molecule has 1 saturated carbocycles. The van der Waals surface area contributed by atoms with Gasteiger partial charge in [0.25, 0.3) is 0 Å². The van der Waals surface area contributed by atoms with Crippen molar-refractivity contribution in [1.82, 2.24) is 20.3 Å². The number of anilines is 1. The quantitative estimate of drug-likeness (QED) is 0.436. The fourth-order valence-electron chi connectivity index (χ4n) is 4.13. The molecule has 8 nitrogen and oxygen atoms in total. The number of pyridine rings is 1. The molecule has 0 unspecified atom stereocenters. The molecular weight excluding hydrogens is 412 g/mol. The van der Waals surface area contributed by atoms with Gasteiger partial charge >= 0.3 is 0 Å². The average molecular weight is 439 g/mol. The Bertz CT molecular complexity index is 1210. The Morgan fingerprint density at radius 1 is 1.12 bits per heavy atom. The number of benzene rings is 1. The molecule has 0 aliphatic heterocycles. The summed E-state index contributed by atoms with van der Waals surface area (Å²) in [6, 6.07) is 17.1. The molecule has 0 bridgehead atoms. The van der Waals surface area contributed by atoms with Crippen LogP contribution in [0, 0.1) is 16.9 Å². The summed E-state index contributed by atoms with van der Waals surface area (Å²) in [5, 5.41) is 16.0. The number of hydrogen-bond donors (Lipinski definition) is 3. The number of nitrogens with one attached hydrogen (secondary N) is 2. The van der Waals surface area contributed by atoms with Crippen LogP contribution in [0.15, 0.2) is 59.8 Å². The maximum absolute atomic E-state index is 9.16. The maximum atomic E-state index is 9.16. The van der Waals surface area contributed by atoms with Crippen LogP contribution in [-0.4, -0.2) is 15.0 Å². The first-order chi connectivity index (χ1) is 16.2. The summed E-state index contributed by atoms with van der Waals surface area (Å²) < 4.78 is 0. The highest BCUT2D eigenvalue weighted by atomic mass is 15.1. The Labute approximate surface area is 193 Å². The molecule has 1 aromatic carbocycles. The van der Waals surface area contributed by atoms with Crippen molar-refractivity contribution < 1.29 is 0 Å². The van der Waals surface area contributed by atoms with Gasteiger partial charge in [0, 0.05) is 23.4 Å². The third kappa shape index (κ3) is 5.57. The van der Waals surface area contributed by atoms with Crippen molar-refractivity contribution in [3.05, 3.63) is 77.4 Å². The van der Waals surface area contributed by atoms with E-state index in [4.69, 9.17) is 21.5 Å². The number of nitrogens with two attached hydrogens (primary N) is 1. The van der Waals surface area contributed by atoms with Gasteiger partial charge in [0.05, 0.1) is 35.3 Å². The van der Waals surface area contributed by atoms with Crippen LogP contribution in [0.2, 0.25) is 0 Å². The monoisotopic (exact) mass is 438 g/mol. The molecule has 166 valence electrons. The van der Waals surface area contributed by atoms with Crippen LogP contribution < -0.4 is 11.1 Å². The standard InChI is InChI=1S/C25H26N8/c26-14-17-6-4-9-19(12-17)22-13-23(32-25(27)31-22)24(33-28)16-29-15-20-10-5-11-21(30-20)18-7-2-1-3-8-18/h4-6,9-13,16,18,28-29H,1-3,7-8,15H2,(H2,27,31,32)/b24-16-,33-28?. The van der Waals surface area contributed by atoms with Gasteiger partial charge in [0.15, 0.2) is 0 Å². The second-order valence-corrected chi connectivity index (χ2v) is 8.10. The van der Waals surface area contributed by atoms with Gasteiger partial charge in [0.1, 0.15) is 5.70 Å². The van der Waals surface area contributed by atoms with Crippen LogP contribution in [0.4, 0.5) is 5.95 Å². The van der Waals surface area contributed by atoms with E-state index in [1.54, 1.807) is 30.5 Å². The number of nitrogen functional groups attached to an aromatic ring is 1. The molecule has 0 amide bonds. The first-order valence-electron chi connectivity index (χ1n) is 11.1. The molecule has 1 aliphatic rings. The lowest BCUT2D eigenvalue weighted by molar-refractivity contribution is 0.436. The molecule has 3 aromatic rings. The van der Waals surface area contributed by atoms with Crippen LogP contribution in [0.5, 0.6) is 0 Å². The zero-order valence-electron chi connectivity index (χ0n) is 18.3. The van der Waals surface area contributed by atoms with Crippen molar-refractivity contribution >= 4 is 11.6 Å². The van der Waals surface area contributed by atoms with Gasteiger partial charge in [-0.1, -0.05) is 37.5 Å². The number of aromatic nitrogens is 3. The molecule has 4 rings (SSSR count). The minimum Gasteiger partial charge on any atom is -0.383 e. The van der Waals surface area contributed by atoms with Gasteiger partial charge in [0.2, 0.25) is 5.95 Å². The van der Waals surface area contributed by atoms with Gasteiger partial charge in [-0.2, -0.15) is 10.4 Å². The summed E-state index contributed by atoms with van der Waals surface area (Å²) in [5.41, 5.74) is 18.2. The number of rotatable bonds is 7. The minimum absolute atomic E-state index is 0.0706. The van der Waals surface area contributed by atoms with Gasteiger partial charge < -0.3 is 11.1 Å².